The van der Waals surface area contributed by atoms with Gasteiger partial charge in [0.15, 0.2) is 0 Å². The van der Waals surface area contributed by atoms with Crippen LogP contribution >= 0.6 is 0 Å². The summed E-state index contributed by atoms with van der Waals surface area (Å²) in [5, 5.41) is 21.0. The highest BCUT2D eigenvalue weighted by Gasteiger charge is 2.47. The van der Waals surface area contributed by atoms with Crippen LogP contribution in [0.5, 0.6) is 11.5 Å². The quantitative estimate of drug-likeness (QED) is 0.264. The molecule has 8 heteroatoms. The molecule has 3 aromatic rings. The molecule has 1 saturated heterocycles. The van der Waals surface area contributed by atoms with E-state index in [0.717, 1.165) is 23.1 Å². The molecule has 1 amide bonds. The molecule has 1 aliphatic heterocycles. The number of nitrogens with zero attached hydrogens (tertiary/aromatic N) is 1. The van der Waals surface area contributed by atoms with Crippen LogP contribution in [0.15, 0.2) is 66.2 Å². The number of rotatable bonds is 6. The molecule has 0 aliphatic carbocycles. The molecule has 2 N–H and O–H groups in total. The van der Waals surface area contributed by atoms with Crippen LogP contribution in [0.4, 0.5) is 14.5 Å². The molecule has 4 rings (SSSR count). The Kier molecular flexibility index (Phi) is 6.79. The lowest BCUT2D eigenvalue weighted by atomic mass is 9.94. The van der Waals surface area contributed by atoms with Crippen molar-refractivity contribution in [2.24, 2.45) is 5.92 Å². The predicted octanol–water partition coefficient (Wildman–Crippen LogP) is 5.64. The van der Waals surface area contributed by atoms with Gasteiger partial charge in [0.2, 0.25) is 0 Å². The number of anilines is 1. The van der Waals surface area contributed by atoms with Crippen LogP contribution in [0.1, 0.15) is 36.6 Å². The highest BCUT2D eigenvalue weighted by atomic mass is 19.1. The number of carbonyl (C=O) groups is 2. The summed E-state index contributed by atoms with van der Waals surface area (Å²) in [5.74, 6) is -3.50. The molecular weight excluding hydrogens is 468 g/mol. The Morgan fingerprint density at radius 3 is 2.36 bits per heavy atom. The second-order valence-electron chi connectivity index (χ2n) is 9.04. The summed E-state index contributed by atoms with van der Waals surface area (Å²) in [6.07, 6.45) is 0. The van der Waals surface area contributed by atoms with E-state index in [4.69, 9.17) is 4.74 Å². The number of hydrogen-bond acceptors (Lipinski definition) is 5. The first-order valence-electron chi connectivity index (χ1n) is 11.4. The third kappa shape index (κ3) is 4.66. The standard InChI is InChI=1S/C28H25F2NO5/c1-15(2)14-36-23-11-6-18(12-16(23)3)26(33)24-25(17-4-8-20(32)9-5-17)31(28(35)27(24)34)22-13-19(29)7-10-21(22)30/h4-13,15,25,32-33H,14H2,1-3H3/b26-24+. The molecule has 186 valence electrons. The largest absolute Gasteiger partial charge is 0.508 e. The minimum Gasteiger partial charge on any atom is -0.508 e. The van der Waals surface area contributed by atoms with Crippen molar-refractivity contribution in [3.05, 3.63) is 94.6 Å². The van der Waals surface area contributed by atoms with Crippen molar-refractivity contribution >= 4 is 23.1 Å². The number of halogens is 2. The van der Waals surface area contributed by atoms with Crippen LogP contribution in [0.2, 0.25) is 0 Å². The van der Waals surface area contributed by atoms with Gasteiger partial charge in [-0.1, -0.05) is 26.0 Å². The fourth-order valence-electron chi connectivity index (χ4n) is 4.09. The van der Waals surface area contributed by atoms with Gasteiger partial charge in [-0.15, -0.1) is 0 Å². The van der Waals surface area contributed by atoms with E-state index in [1.54, 1.807) is 25.1 Å². The number of ether oxygens (including phenoxy) is 1. The number of ketones is 1. The number of amides is 1. The lowest BCUT2D eigenvalue weighted by molar-refractivity contribution is -0.132. The van der Waals surface area contributed by atoms with Crippen LogP contribution in [-0.2, 0) is 9.59 Å². The zero-order valence-corrected chi connectivity index (χ0v) is 20.0. The van der Waals surface area contributed by atoms with Gasteiger partial charge in [0.05, 0.1) is 23.9 Å². The summed E-state index contributed by atoms with van der Waals surface area (Å²) in [4.78, 5) is 27.1. The molecule has 0 aromatic heterocycles. The van der Waals surface area contributed by atoms with Crippen molar-refractivity contribution in [1.82, 2.24) is 0 Å². The van der Waals surface area contributed by atoms with Gasteiger partial charge in [-0.25, -0.2) is 8.78 Å². The summed E-state index contributed by atoms with van der Waals surface area (Å²) in [5.41, 5.74) is 0.537. The number of aryl methyl sites for hydroxylation is 1. The normalized spacial score (nSPS) is 17.2. The fourth-order valence-corrected chi connectivity index (χ4v) is 4.09. The van der Waals surface area contributed by atoms with Crippen LogP contribution < -0.4 is 9.64 Å². The van der Waals surface area contributed by atoms with E-state index in [2.05, 4.69) is 0 Å². The van der Waals surface area contributed by atoms with Crippen molar-refractivity contribution in [3.8, 4) is 11.5 Å². The molecule has 1 fully saturated rings. The number of aliphatic hydroxyl groups excluding tert-OH is 1. The van der Waals surface area contributed by atoms with Gasteiger partial charge in [0.25, 0.3) is 11.7 Å². The number of hydrogen-bond donors (Lipinski definition) is 2. The van der Waals surface area contributed by atoms with Crippen molar-refractivity contribution in [3.63, 3.8) is 0 Å². The smallest absolute Gasteiger partial charge is 0.300 e. The van der Waals surface area contributed by atoms with Crippen molar-refractivity contribution in [2.75, 3.05) is 11.5 Å². The average molecular weight is 494 g/mol. The highest BCUT2D eigenvalue weighted by Crippen LogP contribution is 2.43. The first kappa shape index (κ1) is 24.9. The van der Waals surface area contributed by atoms with E-state index in [1.165, 1.54) is 24.3 Å². The Morgan fingerprint density at radius 1 is 1.03 bits per heavy atom. The van der Waals surface area contributed by atoms with Crippen molar-refractivity contribution < 1.29 is 33.3 Å². The molecule has 1 atom stereocenters. The van der Waals surface area contributed by atoms with Crippen LogP contribution in [0, 0.1) is 24.5 Å². The predicted molar refractivity (Wildman–Crippen MR) is 131 cm³/mol. The number of benzene rings is 3. The lowest BCUT2D eigenvalue weighted by Gasteiger charge is -2.26. The molecule has 3 aromatic carbocycles. The SMILES string of the molecule is Cc1cc(/C(O)=C2\C(=O)C(=O)N(c3cc(F)ccc3F)C2c2ccc(O)cc2)ccc1OCC(C)C. The molecule has 1 heterocycles. The maximum atomic E-state index is 14.7. The van der Waals surface area contributed by atoms with E-state index < -0.39 is 40.8 Å². The monoisotopic (exact) mass is 493 g/mol. The molecule has 36 heavy (non-hydrogen) atoms. The van der Waals surface area contributed by atoms with Gasteiger partial charge in [0, 0.05) is 11.6 Å². The number of aliphatic hydroxyl groups is 1. The van der Waals surface area contributed by atoms with Gasteiger partial charge in [-0.2, -0.15) is 0 Å². The number of phenolic OH excluding ortho intramolecular Hbond substituents is 1. The number of phenols is 1. The zero-order chi connectivity index (χ0) is 26.1. The second kappa shape index (κ2) is 9.81. The first-order valence-corrected chi connectivity index (χ1v) is 11.4. The average Bonchev–Trinajstić information content (AvgIpc) is 3.10. The van der Waals surface area contributed by atoms with E-state index in [-0.39, 0.29) is 16.9 Å². The Balaban J connectivity index is 1.88. The number of Topliss-reactive ketones (excluding diaryl/α,β-unsaturated/α-hetero) is 1. The molecule has 6 nitrogen and oxygen atoms in total. The first-order chi connectivity index (χ1) is 17.1. The van der Waals surface area contributed by atoms with Gasteiger partial charge in [-0.05, 0) is 66.4 Å². The summed E-state index contributed by atoms with van der Waals surface area (Å²) in [7, 11) is 0. The molecule has 0 radical (unpaired) electrons. The molecule has 0 bridgehead atoms. The minimum atomic E-state index is -1.26. The van der Waals surface area contributed by atoms with E-state index in [0.29, 0.717) is 29.4 Å². The minimum absolute atomic E-state index is 0.0692. The number of carbonyl (C=O) groups excluding carboxylic acids is 2. The zero-order valence-electron chi connectivity index (χ0n) is 20.0. The maximum Gasteiger partial charge on any atom is 0.300 e. The lowest BCUT2D eigenvalue weighted by Crippen LogP contribution is -2.30. The van der Waals surface area contributed by atoms with Gasteiger partial charge < -0.3 is 14.9 Å². The third-order valence-corrected chi connectivity index (χ3v) is 5.84. The third-order valence-electron chi connectivity index (χ3n) is 5.84. The summed E-state index contributed by atoms with van der Waals surface area (Å²) in [6, 6.07) is 11.7. The Bertz CT molecular complexity index is 1360. The Hall–Kier alpha value is -4.20. The van der Waals surface area contributed by atoms with Crippen LogP contribution in [-0.4, -0.2) is 28.5 Å². The number of aromatic hydroxyl groups is 1. The molecular formula is C28H25F2NO5. The van der Waals surface area contributed by atoms with Crippen molar-refractivity contribution in [1.29, 1.82) is 0 Å². The van der Waals surface area contributed by atoms with Gasteiger partial charge in [-0.3, -0.25) is 14.5 Å². The topological polar surface area (TPSA) is 87.1 Å². The second-order valence-corrected chi connectivity index (χ2v) is 9.04. The Labute approximate surface area is 207 Å². The Morgan fingerprint density at radius 2 is 1.72 bits per heavy atom. The summed E-state index contributed by atoms with van der Waals surface area (Å²) < 4.78 is 34.5. The molecule has 0 spiro atoms. The summed E-state index contributed by atoms with van der Waals surface area (Å²) in [6.45, 7) is 6.31. The summed E-state index contributed by atoms with van der Waals surface area (Å²) >= 11 is 0. The van der Waals surface area contributed by atoms with E-state index >= 15 is 0 Å². The fraction of sp³-hybridized carbons (Fsp3) is 0.214. The van der Waals surface area contributed by atoms with Crippen LogP contribution in [0.25, 0.3) is 5.76 Å². The van der Waals surface area contributed by atoms with E-state index in [9.17, 15) is 28.6 Å². The van der Waals surface area contributed by atoms with Gasteiger partial charge >= 0.3 is 0 Å². The molecule has 1 unspecified atom stereocenters. The maximum absolute atomic E-state index is 14.7. The van der Waals surface area contributed by atoms with Gasteiger partial charge in [0.1, 0.15) is 28.9 Å². The molecule has 1 aliphatic rings. The van der Waals surface area contributed by atoms with Crippen LogP contribution in [0.3, 0.4) is 0 Å². The van der Waals surface area contributed by atoms with Crippen molar-refractivity contribution in [2.45, 2.75) is 26.8 Å². The molecule has 0 saturated carbocycles. The highest BCUT2D eigenvalue weighted by molar-refractivity contribution is 6.51. The van der Waals surface area contributed by atoms with E-state index in [1.807, 2.05) is 13.8 Å².